The number of rotatable bonds is 7. The van der Waals surface area contributed by atoms with Gasteiger partial charge in [0.25, 0.3) is 0 Å². The summed E-state index contributed by atoms with van der Waals surface area (Å²) in [5.41, 5.74) is 0.904. The minimum absolute atomic E-state index is 0.0967. The van der Waals surface area contributed by atoms with Crippen LogP contribution in [0.1, 0.15) is 18.4 Å². The fourth-order valence-corrected chi connectivity index (χ4v) is 3.17. The number of hydrogen-bond donors (Lipinski definition) is 1. The molecule has 0 aromatic carbocycles. The van der Waals surface area contributed by atoms with Crippen LogP contribution < -0.4 is 5.32 Å². The molecule has 0 spiro atoms. The number of nitrogens with one attached hydrogen (secondary N) is 1. The van der Waals surface area contributed by atoms with Gasteiger partial charge in [-0.3, -0.25) is 4.79 Å². The van der Waals surface area contributed by atoms with Crippen molar-refractivity contribution in [2.45, 2.75) is 32.0 Å². The van der Waals surface area contributed by atoms with E-state index in [1.54, 1.807) is 6.08 Å². The molecule has 8 heteroatoms. The Morgan fingerprint density at radius 3 is 3.00 bits per heavy atom. The smallest absolute Gasteiger partial charge is 0.236 e. The highest BCUT2D eigenvalue weighted by molar-refractivity contribution is 7.99. The summed E-state index contributed by atoms with van der Waals surface area (Å²) in [4.78, 5) is 16.1. The Kier molecular flexibility index (Phi) is 5.51. The maximum atomic E-state index is 11.9. The van der Waals surface area contributed by atoms with Gasteiger partial charge in [0.2, 0.25) is 5.91 Å². The van der Waals surface area contributed by atoms with Gasteiger partial charge in [-0.2, -0.15) is 0 Å². The normalized spacial score (nSPS) is 10.6. The number of anilines is 1. The van der Waals surface area contributed by atoms with Crippen molar-refractivity contribution in [3.05, 3.63) is 29.6 Å². The third kappa shape index (κ3) is 4.15. The van der Waals surface area contributed by atoms with Crippen LogP contribution in [0.4, 0.5) is 5.13 Å². The lowest BCUT2D eigenvalue weighted by Gasteiger charge is -2.06. The van der Waals surface area contributed by atoms with Gasteiger partial charge in [0.05, 0.1) is 11.4 Å². The molecule has 0 radical (unpaired) electrons. The Labute approximate surface area is 131 Å². The molecule has 6 nitrogen and oxygen atoms in total. The van der Waals surface area contributed by atoms with Crippen LogP contribution in [-0.2, 0) is 17.8 Å². The van der Waals surface area contributed by atoms with E-state index < -0.39 is 0 Å². The fraction of sp³-hybridized carbons (Fsp3) is 0.385. The molecule has 21 heavy (non-hydrogen) atoms. The molecule has 1 amide bonds. The van der Waals surface area contributed by atoms with E-state index in [9.17, 15) is 4.79 Å². The minimum Gasteiger partial charge on any atom is -0.302 e. The van der Waals surface area contributed by atoms with Gasteiger partial charge in [-0.25, -0.2) is 4.98 Å². The van der Waals surface area contributed by atoms with E-state index >= 15 is 0 Å². The molecule has 112 valence electrons. The molecule has 0 bridgehead atoms. The summed E-state index contributed by atoms with van der Waals surface area (Å²) in [6, 6.07) is 0. The molecule has 0 aliphatic heterocycles. The van der Waals surface area contributed by atoms with Crippen LogP contribution >= 0.6 is 23.1 Å². The molecule has 0 aliphatic carbocycles. The number of aromatic nitrogens is 4. The second-order valence-electron chi connectivity index (χ2n) is 4.28. The number of aryl methyl sites for hydroxylation is 2. The van der Waals surface area contributed by atoms with E-state index in [-0.39, 0.29) is 11.7 Å². The monoisotopic (exact) mass is 323 g/mol. The van der Waals surface area contributed by atoms with Gasteiger partial charge in [-0.05, 0) is 6.92 Å². The van der Waals surface area contributed by atoms with Crippen LogP contribution in [0.15, 0.2) is 23.2 Å². The number of hydrogen-bond acceptors (Lipinski definition) is 6. The lowest BCUT2D eigenvalue weighted by atomic mass is 10.4. The summed E-state index contributed by atoms with van der Waals surface area (Å²) in [7, 11) is 0. The van der Waals surface area contributed by atoms with Crippen molar-refractivity contribution in [2.75, 3.05) is 11.1 Å². The average Bonchev–Trinajstić information content (AvgIpc) is 3.03. The van der Waals surface area contributed by atoms with E-state index in [2.05, 4.69) is 27.1 Å². The van der Waals surface area contributed by atoms with Gasteiger partial charge < -0.3 is 9.88 Å². The molecule has 0 atom stereocenters. The first-order valence-electron chi connectivity index (χ1n) is 6.51. The maximum Gasteiger partial charge on any atom is 0.236 e. The van der Waals surface area contributed by atoms with Gasteiger partial charge >= 0.3 is 0 Å². The molecular formula is C13H17N5OS2. The van der Waals surface area contributed by atoms with E-state index in [4.69, 9.17) is 0 Å². The van der Waals surface area contributed by atoms with Crippen molar-refractivity contribution in [3.8, 4) is 0 Å². The van der Waals surface area contributed by atoms with Gasteiger partial charge in [-0.1, -0.05) is 24.8 Å². The number of carbonyl (C=O) groups is 1. The standard InChI is InChI=1S/C13H17N5OS2/c1-4-6-18-10(5-2)16-17-13(18)21-8-11(19)15-12-14-9(3)7-20-12/h4,7H,1,5-6,8H2,2-3H3,(H,14,15,19). The minimum atomic E-state index is -0.0967. The predicted octanol–water partition coefficient (Wildman–Crippen LogP) is 2.52. The Hall–Kier alpha value is -1.67. The molecule has 2 heterocycles. The maximum absolute atomic E-state index is 11.9. The highest BCUT2D eigenvalue weighted by Crippen LogP contribution is 2.19. The van der Waals surface area contributed by atoms with Crippen molar-refractivity contribution in [1.82, 2.24) is 19.7 Å². The zero-order valence-electron chi connectivity index (χ0n) is 12.0. The fourth-order valence-electron chi connectivity index (χ4n) is 1.70. The van der Waals surface area contributed by atoms with Crippen LogP contribution in [0.2, 0.25) is 0 Å². The van der Waals surface area contributed by atoms with Gasteiger partial charge in [0, 0.05) is 18.3 Å². The molecule has 2 rings (SSSR count). The van der Waals surface area contributed by atoms with Gasteiger partial charge in [-0.15, -0.1) is 28.1 Å². The first-order valence-corrected chi connectivity index (χ1v) is 8.38. The lowest BCUT2D eigenvalue weighted by Crippen LogP contribution is -2.14. The Balaban J connectivity index is 1.94. The molecule has 0 saturated heterocycles. The van der Waals surface area contributed by atoms with Crippen molar-refractivity contribution in [3.63, 3.8) is 0 Å². The van der Waals surface area contributed by atoms with Crippen LogP contribution in [0.3, 0.4) is 0 Å². The van der Waals surface area contributed by atoms with Crippen molar-refractivity contribution in [2.24, 2.45) is 0 Å². The van der Waals surface area contributed by atoms with E-state index in [0.717, 1.165) is 23.1 Å². The summed E-state index contributed by atoms with van der Waals surface area (Å²) in [6.45, 7) is 8.30. The van der Waals surface area contributed by atoms with Crippen LogP contribution in [0.25, 0.3) is 0 Å². The topological polar surface area (TPSA) is 72.7 Å². The summed E-state index contributed by atoms with van der Waals surface area (Å²) in [6.07, 6.45) is 2.59. The third-order valence-corrected chi connectivity index (χ3v) is 4.46. The molecule has 0 fully saturated rings. The quantitative estimate of drug-likeness (QED) is 0.626. The van der Waals surface area contributed by atoms with Crippen molar-refractivity contribution >= 4 is 34.1 Å². The molecule has 0 saturated carbocycles. The molecule has 2 aromatic rings. The Morgan fingerprint density at radius 2 is 2.38 bits per heavy atom. The summed E-state index contributed by atoms with van der Waals surface area (Å²) in [5.74, 6) is 1.08. The Bertz CT molecular complexity index is 634. The number of amides is 1. The number of thiazole rings is 1. The molecule has 2 aromatic heterocycles. The first-order chi connectivity index (χ1) is 10.1. The molecule has 0 aliphatic rings. The molecule has 0 unspecified atom stereocenters. The second-order valence-corrected chi connectivity index (χ2v) is 6.08. The zero-order valence-corrected chi connectivity index (χ0v) is 13.6. The van der Waals surface area contributed by atoms with Gasteiger partial charge in [0.15, 0.2) is 10.3 Å². The van der Waals surface area contributed by atoms with E-state index in [0.29, 0.717) is 11.7 Å². The third-order valence-electron chi connectivity index (χ3n) is 2.62. The largest absolute Gasteiger partial charge is 0.302 e. The zero-order chi connectivity index (χ0) is 15.2. The number of nitrogens with zero attached hydrogens (tertiary/aromatic N) is 4. The number of thioether (sulfide) groups is 1. The number of allylic oxidation sites excluding steroid dienone is 1. The Morgan fingerprint density at radius 1 is 1.57 bits per heavy atom. The van der Waals surface area contributed by atoms with E-state index in [1.807, 2.05) is 23.8 Å². The van der Waals surface area contributed by atoms with Crippen LogP contribution in [0.5, 0.6) is 0 Å². The van der Waals surface area contributed by atoms with Gasteiger partial charge in [0.1, 0.15) is 5.82 Å². The van der Waals surface area contributed by atoms with Crippen molar-refractivity contribution < 1.29 is 4.79 Å². The summed E-state index contributed by atoms with van der Waals surface area (Å²) >= 11 is 2.78. The lowest BCUT2D eigenvalue weighted by molar-refractivity contribution is -0.113. The molecular weight excluding hydrogens is 306 g/mol. The molecule has 1 N–H and O–H groups in total. The summed E-state index contributed by atoms with van der Waals surface area (Å²) in [5, 5.41) is 14.3. The van der Waals surface area contributed by atoms with E-state index in [1.165, 1.54) is 23.1 Å². The highest BCUT2D eigenvalue weighted by atomic mass is 32.2. The predicted molar refractivity (Wildman–Crippen MR) is 85.8 cm³/mol. The SMILES string of the molecule is C=CCn1c(CC)nnc1SCC(=O)Nc1nc(C)cs1. The number of carbonyl (C=O) groups excluding carboxylic acids is 1. The summed E-state index contributed by atoms with van der Waals surface area (Å²) < 4.78 is 1.97. The highest BCUT2D eigenvalue weighted by Gasteiger charge is 2.13. The van der Waals surface area contributed by atoms with Crippen LogP contribution in [0, 0.1) is 6.92 Å². The van der Waals surface area contributed by atoms with Crippen molar-refractivity contribution in [1.29, 1.82) is 0 Å². The first kappa shape index (κ1) is 15.7. The average molecular weight is 323 g/mol. The second kappa shape index (κ2) is 7.37. The van der Waals surface area contributed by atoms with Crippen LogP contribution in [-0.4, -0.2) is 31.4 Å².